The summed E-state index contributed by atoms with van der Waals surface area (Å²) in [5.41, 5.74) is 1.99. The lowest BCUT2D eigenvalue weighted by Crippen LogP contribution is -2.34. The van der Waals surface area contributed by atoms with Gasteiger partial charge >= 0.3 is 6.03 Å². The van der Waals surface area contributed by atoms with E-state index < -0.39 is 0 Å². The molecule has 1 aromatic heterocycles. The summed E-state index contributed by atoms with van der Waals surface area (Å²) < 4.78 is 0. The molecule has 0 aliphatic rings. The maximum Gasteiger partial charge on any atom is 0.319 e. The number of benzene rings is 2. The third kappa shape index (κ3) is 3.67. The second-order valence-electron chi connectivity index (χ2n) is 6.01. The predicted molar refractivity (Wildman–Crippen MR) is 100 cm³/mol. The standard InChI is InChI=1S/C19H18ClN3O2/c1-11(2)21-19(25)23-16-14-9-8-13(20)10-15(14)22-17(16)18(24)12-6-4-3-5-7-12/h3-11,22H,1-2H3,(H2,21,23,25). The first kappa shape index (κ1) is 17.0. The smallest absolute Gasteiger partial charge is 0.319 e. The van der Waals surface area contributed by atoms with Crippen molar-refractivity contribution in [3.63, 3.8) is 0 Å². The summed E-state index contributed by atoms with van der Waals surface area (Å²) in [5.74, 6) is -0.201. The van der Waals surface area contributed by atoms with E-state index in [0.29, 0.717) is 27.5 Å². The highest BCUT2D eigenvalue weighted by Gasteiger charge is 2.21. The van der Waals surface area contributed by atoms with Crippen LogP contribution in [0, 0.1) is 0 Å². The van der Waals surface area contributed by atoms with Gasteiger partial charge < -0.3 is 15.6 Å². The Hall–Kier alpha value is -2.79. The number of halogens is 1. The quantitative estimate of drug-likeness (QED) is 0.599. The van der Waals surface area contributed by atoms with Crippen LogP contribution < -0.4 is 10.6 Å². The Labute approximate surface area is 150 Å². The highest BCUT2D eigenvalue weighted by atomic mass is 35.5. The van der Waals surface area contributed by atoms with E-state index in [1.807, 2.05) is 19.9 Å². The first-order chi connectivity index (χ1) is 12.0. The number of anilines is 1. The molecular weight excluding hydrogens is 338 g/mol. The van der Waals surface area contributed by atoms with Crippen molar-refractivity contribution in [3.05, 3.63) is 64.8 Å². The van der Waals surface area contributed by atoms with Crippen molar-refractivity contribution in [1.29, 1.82) is 0 Å². The topological polar surface area (TPSA) is 74.0 Å². The SMILES string of the molecule is CC(C)NC(=O)Nc1c(C(=O)c2ccccc2)[nH]c2cc(Cl)ccc12. The molecule has 0 fully saturated rings. The number of urea groups is 1. The first-order valence-corrected chi connectivity index (χ1v) is 8.32. The Bertz CT molecular complexity index is 932. The van der Waals surface area contributed by atoms with Gasteiger partial charge in [0.2, 0.25) is 5.78 Å². The number of carbonyl (C=O) groups is 2. The predicted octanol–water partition coefficient (Wildman–Crippen LogP) is 4.58. The van der Waals surface area contributed by atoms with Gasteiger partial charge in [-0.1, -0.05) is 41.9 Å². The molecular formula is C19H18ClN3O2. The normalized spacial score (nSPS) is 10.9. The van der Waals surface area contributed by atoms with Crippen molar-refractivity contribution >= 4 is 40.0 Å². The molecule has 128 valence electrons. The first-order valence-electron chi connectivity index (χ1n) is 7.94. The summed E-state index contributed by atoms with van der Waals surface area (Å²) in [7, 11) is 0. The van der Waals surface area contributed by atoms with Crippen LogP contribution in [-0.2, 0) is 0 Å². The van der Waals surface area contributed by atoms with E-state index >= 15 is 0 Å². The Balaban J connectivity index is 2.08. The van der Waals surface area contributed by atoms with E-state index in [1.165, 1.54) is 0 Å². The van der Waals surface area contributed by atoms with Gasteiger partial charge in [0.25, 0.3) is 0 Å². The molecule has 5 nitrogen and oxygen atoms in total. The van der Waals surface area contributed by atoms with Crippen LogP contribution in [0.25, 0.3) is 10.9 Å². The Kier molecular flexibility index (Phi) is 4.76. The van der Waals surface area contributed by atoms with Crippen molar-refractivity contribution in [2.75, 3.05) is 5.32 Å². The molecule has 0 aliphatic carbocycles. The molecule has 0 radical (unpaired) electrons. The molecule has 0 bridgehead atoms. The van der Waals surface area contributed by atoms with E-state index in [1.54, 1.807) is 42.5 Å². The van der Waals surface area contributed by atoms with E-state index in [4.69, 9.17) is 11.6 Å². The molecule has 2 aromatic carbocycles. The maximum absolute atomic E-state index is 12.9. The van der Waals surface area contributed by atoms with Crippen LogP contribution in [-0.4, -0.2) is 22.8 Å². The van der Waals surface area contributed by atoms with Crippen LogP contribution in [0.3, 0.4) is 0 Å². The number of nitrogens with one attached hydrogen (secondary N) is 3. The lowest BCUT2D eigenvalue weighted by Gasteiger charge is -2.11. The number of carbonyl (C=O) groups excluding carboxylic acids is 2. The lowest BCUT2D eigenvalue weighted by molar-refractivity contribution is 0.103. The summed E-state index contributed by atoms with van der Waals surface area (Å²) >= 11 is 6.05. The summed E-state index contributed by atoms with van der Waals surface area (Å²) in [6.45, 7) is 3.73. The lowest BCUT2D eigenvalue weighted by atomic mass is 10.1. The highest BCUT2D eigenvalue weighted by molar-refractivity contribution is 6.31. The third-order valence-corrected chi connectivity index (χ3v) is 3.92. The second-order valence-corrected chi connectivity index (χ2v) is 6.45. The van der Waals surface area contributed by atoms with Gasteiger partial charge in [0.05, 0.1) is 5.69 Å². The average molecular weight is 356 g/mol. The van der Waals surface area contributed by atoms with Gasteiger partial charge in [-0.2, -0.15) is 0 Å². The van der Waals surface area contributed by atoms with Gasteiger partial charge in [-0.25, -0.2) is 4.79 Å². The van der Waals surface area contributed by atoms with Gasteiger partial charge in [0, 0.05) is 27.5 Å². The minimum atomic E-state index is -0.368. The molecule has 2 amide bonds. The fourth-order valence-corrected chi connectivity index (χ4v) is 2.79. The fraction of sp³-hybridized carbons (Fsp3) is 0.158. The fourth-order valence-electron chi connectivity index (χ4n) is 2.62. The minimum Gasteiger partial charge on any atom is -0.350 e. The molecule has 0 saturated heterocycles. The Morgan fingerprint density at radius 2 is 1.80 bits per heavy atom. The van der Waals surface area contributed by atoms with Gasteiger partial charge in [-0.15, -0.1) is 0 Å². The van der Waals surface area contributed by atoms with Crippen molar-refractivity contribution in [1.82, 2.24) is 10.3 Å². The summed E-state index contributed by atoms with van der Waals surface area (Å²) in [4.78, 5) is 28.1. The molecule has 3 aromatic rings. The Morgan fingerprint density at radius 3 is 2.48 bits per heavy atom. The van der Waals surface area contributed by atoms with Crippen LogP contribution in [0.5, 0.6) is 0 Å². The monoisotopic (exact) mass is 355 g/mol. The van der Waals surface area contributed by atoms with Crippen LogP contribution in [0.1, 0.15) is 29.9 Å². The minimum absolute atomic E-state index is 0.0204. The van der Waals surface area contributed by atoms with Crippen LogP contribution in [0.15, 0.2) is 48.5 Å². The largest absolute Gasteiger partial charge is 0.350 e. The molecule has 0 unspecified atom stereocenters. The number of hydrogen-bond donors (Lipinski definition) is 3. The highest BCUT2D eigenvalue weighted by Crippen LogP contribution is 2.31. The number of aromatic nitrogens is 1. The van der Waals surface area contributed by atoms with E-state index in [0.717, 1.165) is 5.39 Å². The summed E-state index contributed by atoms with van der Waals surface area (Å²) in [5, 5.41) is 6.82. The number of ketones is 1. The van der Waals surface area contributed by atoms with Gasteiger partial charge in [0.15, 0.2) is 0 Å². The zero-order valence-corrected chi connectivity index (χ0v) is 14.6. The molecule has 0 spiro atoms. The zero-order valence-electron chi connectivity index (χ0n) is 13.9. The molecule has 0 saturated carbocycles. The van der Waals surface area contributed by atoms with Gasteiger partial charge in [-0.05, 0) is 32.0 Å². The van der Waals surface area contributed by atoms with E-state index in [9.17, 15) is 9.59 Å². The molecule has 3 rings (SSSR count). The van der Waals surface area contributed by atoms with E-state index in [-0.39, 0.29) is 17.9 Å². The summed E-state index contributed by atoms with van der Waals surface area (Å²) in [6, 6.07) is 13.7. The second kappa shape index (κ2) is 6.99. The Morgan fingerprint density at radius 1 is 1.08 bits per heavy atom. The number of amides is 2. The molecule has 0 aliphatic heterocycles. The number of H-pyrrole nitrogens is 1. The number of rotatable bonds is 4. The average Bonchev–Trinajstić information content (AvgIpc) is 2.91. The number of hydrogen-bond acceptors (Lipinski definition) is 2. The van der Waals surface area contributed by atoms with Crippen molar-refractivity contribution in [3.8, 4) is 0 Å². The number of aromatic amines is 1. The molecule has 3 N–H and O–H groups in total. The van der Waals surface area contributed by atoms with Crippen LogP contribution >= 0.6 is 11.6 Å². The van der Waals surface area contributed by atoms with Crippen LogP contribution in [0.4, 0.5) is 10.5 Å². The van der Waals surface area contributed by atoms with Crippen molar-refractivity contribution in [2.45, 2.75) is 19.9 Å². The summed E-state index contributed by atoms with van der Waals surface area (Å²) in [6.07, 6.45) is 0. The molecule has 6 heteroatoms. The van der Waals surface area contributed by atoms with Crippen molar-refractivity contribution < 1.29 is 9.59 Å². The molecule has 0 atom stereocenters. The third-order valence-electron chi connectivity index (χ3n) is 3.68. The maximum atomic E-state index is 12.9. The van der Waals surface area contributed by atoms with Gasteiger partial charge in [0.1, 0.15) is 5.69 Å². The van der Waals surface area contributed by atoms with Gasteiger partial charge in [-0.3, -0.25) is 4.79 Å². The number of fused-ring (bicyclic) bond motifs is 1. The van der Waals surface area contributed by atoms with E-state index in [2.05, 4.69) is 15.6 Å². The van der Waals surface area contributed by atoms with Crippen molar-refractivity contribution in [2.24, 2.45) is 0 Å². The molecule has 1 heterocycles. The zero-order chi connectivity index (χ0) is 18.0. The molecule has 25 heavy (non-hydrogen) atoms. The van der Waals surface area contributed by atoms with Crippen LogP contribution in [0.2, 0.25) is 5.02 Å².